The summed E-state index contributed by atoms with van der Waals surface area (Å²) in [6.07, 6.45) is -11.1. The molecular weight excluding hydrogens is 358 g/mol. The number of hydrogen-bond acceptors (Lipinski definition) is 4. The van der Waals surface area contributed by atoms with Gasteiger partial charge in [-0.1, -0.05) is 36.9 Å². The number of halogens is 6. The molecule has 0 aliphatic carbocycles. The van der Waals surface area contributed by atoms with Crippen LogP contribution < -0.4 is 0 Å². The quantitative estimate of drug-likeness (QED) is 0.585. The van der Waals surface area contributed by atoms with E-state index < -0.39 is 36.5 Å². The molecule has 0 aliphatic rings. The van der Waals surface area contributed by atoms with Gasteiger partial charge in [0.05, 0.1) is 0 Å². The topological polar surface area (TPSA) is 52.6 Å². The normalized spacial score (nSPS) is 12.4. The zero-order chi connectivity index (χ0) is 19.5. The number of rotatable bonds is 5. The van der Waals surface area contributed by atoms with Gasteiger partial charge in [-0.2, -0.15) is 26.3 Å². The van der Waals surface area contributed by atoms with Crippen LogP contribution in [0.3, 0.4) is 0 Å². The van der Waals surface area contributed by atoms with Gasteiger partial charge in [-0.25, -0.2) is 4.79 Å². The van der Waals surface area contributed by atoms with E-state index >= 15 is 0 Å². The lowest BCUT2D eigenvalue weighted by Gasteiger charge is -2.33. The molecule has 0 spiro atoms. The van der Waals surface area contributed by atoms with Crippen molar-refractivity contribution in [3.8, 4) is 0 Å². The van der Waals surface area contributed by atoms with E-state index in [1.165, 1.54) is 30.3 Å². The first-order valence-electron chi connectivity index (χ1n) is 6.57. The van der Waals surface area contributed by atoms with E-state index in [4.69, 9.17) is 0 Å². The predicted molar refractivity (Wildman–Crippen MR) is 72.9 cm³/mol. The molecule has 0 amide bonds. The monoisotopic (exact) mass is 370 g/mol. The van der Waals surface area contributed by atoms with Crippen molar-refractivity contribution in [2.75, 3.05) is 0 Å². The molecule has 138 valence electrons. The number of benzene rings is 1. The molecule has 0 bridgehead atoms. The van der Waals surface area contributed by atoms with Crippen LogP contribution in [0.2, 0.25) is 0 Å². The van der Waals surface area contributed by atoms with Crippen molar-refractivity contribution in [1.29, 1.82) is 0 Å². The first-order chi connectivity index (χ1) is 11.3. The highest BCUT2D eigenvalue weighted by Gasteiger charge is 2.80. The van der Waals surface area contributed by atoms with E-state index in [0.29, 0.717) is 12.5 Å². The second kappa shape index (κ2) is 7.16. The second-order valence-corrected chi connectivity index (χ2v) is 4.79. The molecule has 4 nitrogen and oxygen atoms in total. The molecule has 0 aliphatic heterocycles. The van der Waals surface area contributed by atoms with Crippen LogP contribution in [0.15, 0.2) is 30.8 Å². The highest BCUT2D eigenvalue weighted by Crippen LogP contribution is 2.47. The molecule has 1 aromatic rings. The Morgan fingerprint density at radius 1 is 1.04 bits per heavy atom. The highest BCUT2D eigenvalue weighted by atomic mass is 19.4. The van der Waals surface area contributed by atoms with Gasteiger partial charge < -0.3 is 9.47 Å². The molecule has 1 aromatic carbocycles. The van der Waals surface area contributed by atoms with Gasteiger partial charge in [-0.3, -0.25) is 4.79 Å². The van der Waals surface area contributed by atoms with Crippen LogP contribution in [0.5, 0.6) is 0 Å². The molecule has 0 unspecified atom stereocenters. The summed E-state index contributed by atoms with van der Waals surface area (Å²) in [4.78, 5) is 22.4. The largest absolute Gasteiger partial charge is 0.457 e. The van der Waals surface area contributed by atoms with Gasteiger partial charge in [0.25, 0.3) is 0 Å². The Kier molecular flexibility index (Phi) is 5.88. The van der Waals surface area contributed by atoms with E-state index in [1.54, 1.807) is 0 Å². The Morgan fingerprint density at radius 2 is 1.52 bits per heavy atom. The standard InChI is InChI=1S/C15H12F6O4/c1-3-10-4-6-11(7-5-10)8-24-12(23)13(14(16,17)18,15(19,20)21)25-9(2)22/h3-7H,1,8H2,2H3. The molecule has 0 atom stereocenters. The van der Waals surface area contributed by atoms with Gasteiger partial charge in [0.1, 0.15) is 6.61 Å². The Labute approximate surface area is 138 Å². The zero-order valence-corrected chi connectivity index (χ0v) is 12.7. The van der Waals surface area contributed by atoms with Gasteiger partial charge in [-0.15, -0.1) is 0 Å². The molecule has 10 heteroatoms. The van der Waals surface area contributed by atoms with Crippen LogP contribution in [0, 0.1) is 0 Å². The number of carbonyl (C=O) groups is 2. The molecule has 0 saturated carbocycles. The van der Waals surface area contributed by atoms with Crippen LogP contribution in [-0.4, -0.2) is 29.9 Å². The first kappa shape index (κ1) is 20.5. The molecule has 0 N–H and O–H groups in total. The summed E-state index contributed by atoms with van der Waals surface area (Å²) in [5, 5.41) is 0. The Hall–Kier alpha value is -2.52. The van der Waals surface area contributed by atoms with Crippen molar-refractivity contribution in [3.05, 3.63) is 42.0 Å². The average Bonchev–Trinajstić information content (AvgIpc) is 2.48. The first-order valence-corrected chi connectivity index (χ1v) is 6.57. The Morgan fingerprint density at radius 3 is 1.88 bits per heavy atom. The predicted octanol–water partition coefficient (Wildman–Crippen LogP) is 3.80. The Balaban J connectivity index is 3.14. The van der Waals surface area contributed by atoms with Crippen molar-refractivity contribution in [2.45, 2.75) is 31.5 Å². The van der Waals surface area contributed by atoms with E-state index in [-0.39, 0.29) is 5.56 Å². The molecule has 0 radical (unpaired) electrons. The zero-order valence-electron chi connectivity index (χ0n) is 12.7. The van der Waals surface area contributed by atoms with Gasteiger partial charge >= 0.3 is 29.9 Å². The maximum absolute atomic E-state index is 13.0. The fourth-order valence-corrected chi connectivity index (χ4v) is 1.77. The van der Waals surface area contributed by atoms with Gasteiger partial charge in [0.2, 0.25) is 0 Å². The Bertz CT molecular complexity index is 631. The molecule has 0 fully saturated rings. The van der Waals surface area contributed by atoms with Crippen molar-refractivity contribution in [3.63, 3.8) is 0 Å². The van der Waals surface area contributed by atoms with E-state index in [2.05, 4.69) is 16.1 Å². The molecule has 25 heavy (non-hydrogen) atoms. The molecule has 0 saturated heterocycles. The molecule has 1 rings (SSSR count). The van der Waals surface area contributed by atoms with Gasteiger partial charge in [-0.05, 0) is 11.1 Å². The van der Waals surface area contributed by atoms with E-state index in [1.807, 2.05) is 0 Å². The lowest BCUT2D eigenvalue weighted by atomic mass is 10.0. The van der Waals surface area contributed by atoms with Gasteiger partial charge in [0, 0.05) is 6.92 Å². The molecular formula is C15H12F6O4. The third kappa shape index (κ3) is 4.31. The minimum absolute atomic E-state index is 0.125. The fraction of sp³-hybridized carbons (Fsp3) is 0.333. The maximum atomic E-state index is 13.0. The van der Waals surface area contributed by atoms with Crippen molar-refractivity contribution in [1.82, 2.24) is 0 Å². The maximum Gasteiger partial charge on any atom is 0.449 e. The smallest absolute Gasteiger partial charge is 0.449 e. The number of alkyl halides is 6. The fourth-order valence-electron chi connectivity index (χ4n) is 1.77. The minimum Gasteiger partial charge on any atom is -0.457 e. The van der Waals surface area contributed by atoms with Crippen LogP contribution in [0.1, 0.15) is 18.1 Å². The molecule has 0 heterocycles. The summed E-state index contributed by atoms with van der Waals surface area (Å²) in [5.41, 5.74) is -4.64. The lowest BCUT2D eigenvalue weighted by Crippen LogP contribution is -2.65. The minimum atomic E-state index is -6.26. The summed E-state index contributed by atoms with van der Waals surface area (Å²) in [6.45, 7) is 2.89. The summed E-state index contributed by atoms with van der Waals surface area (Å²) in [7, 11) is 0. The summed E-state index contributed by atoms with van der Waals surface area (Å²) < 4.78 is 85.5. The highest BCUT2D eigenvalue weighted by molar-refractivity contribution is 5.85. The summed E-state index contributed by atoms with van der Waals surface area (Å²) >= 11 is 0. The third-order valence-electron chi connectivity index (χ3n) is 2.97. The van der Waals surface area contributed by atoms with Crippen LogP contribution >= 0.6 is 0 Å². The number of carbonyl (C=O) groups excluding carboxylic acids is 2. The van der Waals surface area contributed by atoms with Gasteiger partial charge in [0.15, 0.2) is 0 Å². The second-order valence-electron chi connectivity index (χ2n) is 4.79. The van der Waals surface area contributed by atoms with Crippen molar-refractivity contribution in [2.24, 2.45) is 0 Å². The van der Waals surface area contributed by atoms with E-state index in [9.17, 15) is 35.9 Å². The average molecular weight is 370 g/mol. The SMILES string of the molecule is C=Cc1ccc(COC(=O)C(OC(C)=O)(C(F)(F)F)C(F)(F)F)cc1. The van der Waals surface area contributed by atoms with Crippen molar-refractivity contribution >= 4 is 18.0 Å². The van der Waals surface area contributed by atoms with Crippen LogP contribution in [0.4, 0.5) is 26.3 Å². The third-order valence-corrected chi connectivity index (χ3v) is 2.97. The van der Waals surface area contributed by atoms with Crippen LogP contribution in [-0.2, 0) is 25.7 Å². The summed E-state index contributed by atoms with van der Waals surface area (Å²) in [5.74, 6) is -4.72. The number of ether oxygens (including phenoxy) is 2. The molecule has 0 aromatic heterocycles. The van der Waals surface area contributed by atoms with Crippen LogP contribution in [0.25, 0.3) is 6.08 Å². The lowest BCUT2D eigenvalue weighted by molar-refractivity contribution is -0.359. The van der Waals surface area contributed by atoms with E-state index in [0.717, 1.165) is 0 Å². The summed E-state index contributed by atoms with van der Waals surface area (Å²) in [6, 6.07) is 5.56. The number of hydrogen-bond donors (Lipinski definition) is 0. The number of esters is 2. The van der Waals surface area contributed by atoms with Crippen molar-refractivity contribution < 1.29 is 45.4 Å².